The lowest BCUT2D eigenvalue weighted by molar-refractivity contribution is -0.133. The first kappa shape index (κ1) is 12.5. The minimum absolute atomic E-state index is 0.110. The molecule has 0 spiro atoms. The molecule has 1 aliphatic heterocycles. The first-order valence-corrected chi connectivity index (χ1v) is 8.35. The molecule has 1 fully saturated rings. The molecular weight excluding hydrogens is 204 g/mol. The molecule has 0 radical (unpaired) electrons. The minimum atomic E-state index is -1.90. The van der Waals surface area contributed by atoms with Gasteiger partial charge in [0.15, 0.2) is 0 Å². The van der Waals surface area contributed by atoms with Crippen molar-refractivity contribution in [2.24, 2.45) is 0 Å². The van der Waals surface area contributed by atoms with E-state index in [9.17, 15) is 4.79 Å². The number of hydrogen-bond acceptors (Lipinski definition) is 2. The van der Waals surface area contributed by atoms with E-state index >= 15 is 0 Å². The van der Waals surface area contributed by atoms with Crippen LogP contribution in [0.2, 0.25) is 17.6 Å². The average Bonchev–Trinajstić information content (AvgIpc) is 2.10. The second kappa shape index (κ2) is 4.52. The first-order valence-electron chi connectivity index (χ1n) is 5.74. The maximum atomic E-state index is 11.2. The van der Waals surface area contributed by atoms with Gasteiger partial charge in [-0.05, 0) is 25.4 Å². The van der Waals surface area contributed by atoms with Crippen LogP contribution in [0.3, 0.4) is 0 Å². The minimum Gasteiger partial charge on any atom is -0.519 e. The Morgan fingerprint density at radius 1 is 1.60 bits per heavy atom. The molecule has 0 amide bonds. The Balaban J connectivity index is 2.88. The highest BCUT2D eigenvalue weighted by molar-refractivity contribution is 6.77. The van der Waals surface area contributed by atoms with Crippen LogP contribution in [-0.4, -0.2) is 14.3 Å². The molecule has 1 heterocycles. The van der Waals surface area contributed by atoms with Gasteiger partial charge in [0.1, 0.15) is 0 Å². The van der Waals surface area contributed by atoms with E-state index in [0.717, 1.165) is 12.5 Å². The Hall–Kier alpha value is -0.573. The summed E-state index contributed by atoms with van der Waals surface area (Å²) in [6.07, 6.45) is 6.59. The Morgan fingerprint density at radius 2 is 2.27 bits per heavy atom. The molecule has 3 heteroatoms. The van der Waals surface area contributed by atoms with Crippen LogP contribution in [0.4, 0.5) is 0 Å². The van der Waals surface area contributed by atoms with Crippen LogP contribution in [0.25, 0.3) is 0 Å². The predicted molar refractivity (Wildman–Crippen MR) is 65.2 cm³/mol. The molecule has 1 rings (SSSR count). The van der Waals surface area contributed by atoms with E-state index < -0.39 is 8.32 Å². The molecule has 86 valence electrons. The van der Waals surface area contributed by atoms with Gasteiger partial charge in [-0.3, -0.25) is 4.79 Å². The van der Waals surface area contributed by atoms with Crippen molar-refractivity contribution in [1.82, 2.24) is 0 Å². The number of carbonyl (C=O) groups excluding carboxylic acids is 1. The molecule has 0 bridgehead atoms. The molecule has 2 nitrogen and oxygen atoms in total. The van der Waals surface area contributed by atoms with Crippen LogP contribution in [0.1, 0.15) is 39.5 Å². The van der Waals surface area contributed by atoms with Crippen molar-refractivity contribution in [2.75, 3.05) is 0 Å². The van der Waals surface area contributed by atoms with Crippen LogP contribution < -0.4 is 0 Å². The zero-order chi connectivity index (χ0) is 11.5. The maximum absolute atomic E-state index is 11.2. The third-order valence-corrected chi connectivity index (χ3v) is 8.93. The van der Waals surface area contributed by atoms with Gasteiger partial charge in [0.05, 0.1) is 0 Å². The zero-order valence-corrected chi connectivity index (χ0v) is 11.1. The highest BCUT2D eigenvalue weighted by atomic mass is 28.4. The molecule has 0 saturated carbocycles. The molecule has 0 N–H and O–H groups in total. The van der Waals surface area contributed by atoms with Gasteiger partial charge in [-0.25, -0.2) is 0 Å². The maximum Gasteiger partial charge on any atom is 0.289 e. The first-order chi connectivity index (χ1) is 6.93. The monoisotopic (exact) mass is 226 g/mol. The lowest BCUT2D eigenvalue weighted by atomic mass is 9.98. The van der Waals surface area contributed by atoms with Crippen LogP contribution >= 0.6 is 0 Å². The van der Waals surface area contributed by atoms with E-state index in [-0.39, 0.29) is 11.0 Å². The van der Waals surface area contributed by atoms with Crippen molar-refractivity contribution in [3.8, 4) is 0 Å². The third-order valence-electron chi connectivity index (χ3n) is 3.87. The second-order valence-electron chi connectivity index (χ2n) is 5.09. The summed E-state index contributed by atoms with van der Waals surface area (Å²) in [6, 6.07) is 1.11. The Morgan fingerprint density at radius 3 is 2.80 bits per heavy atom. The van der Waals surface area contributed by atoms with Gasteiger partial charge in [0, 0.05) is 12.0 Å². The topological polar surface area (TPSA) is 26.3 Å². The Kier molecular flexibility index (Phi) is 3.76. The average molecular weight is 226 g/mol. The summed E-state index contributed by atoms with van der Waals surface area (Å²) in [7, 11) is -1.90. The lowest BCUT2D eigenvalue weighted by Crippen LogP contribution is -2.49. The number of carbonyl (C=O) groups is 1. The van der Waals surface area contributed by atoms with Crippen molar-refractivity contribution in [3.05, 3.63) is 12.7 Å². The molecule has 2 atom stereocenters. The summed E-state index contributed by atoms with van der Waals surface area (Å²) >= 11 is 0. The van der Waals surface area contributed by atoms with Crippen molar-refractivity contribution in [2.45, 2.75) is 57.2 Å². The molecule has 0 aromatic carbocycles. The normalized spacial score (nSPS) is 35.9. The van der Waals surface area contributed by atoms with Gasteiger partial charge in [0.25, 0.3) is 14.3 Å². The molecule has 15 heavy (non-hydrogen) atoms. The highest BCUT2D eigenvalue weighted by Crippen LogP contribution is 2.52. The zero-order valence-electron chi connectivity index (χ0n) is 10.1. The van der Waals surface area contributed by atoms with E-state index in [1.54, 1.807) is 0 Å². The van der Waals surface area contributed by atoms with E-state index in [1.165, 1.54) is 26.2 Å². The van der Waals surface area contributed by atoms with E-state index in [2.05, 4.69) is 20.0 Å². The van der Waals surface area contributed by atoms with Crippen molar-refractivity contribution >= 4 is 14.3 Å². The molecule has 0 aliphatic carbocycles. The second-order valence-corrected chi connectivity index (χ2v) is 9.46. The van der Waals surface area contributed by atoms with Crippen molar-refractivity contribution in [3.63, 3.8) is 0 Å². The SMILES string of the molecule is C=CCC1(C)CCCC[Si]1(C)OC(C)=O. The van der Waals surface area contributed by atoms with E-state index in [0.29, 0.717) is 0 Å². The van der Waals surface area contributed by atoms with Crippen LogP contribution in [0.15, 0.2) is 12.7 Å². The fourth-order valence-corrected chi connectivity index (χ4v) is 6.46. The van der Waals surface area contributed by atoms with Gasteiger partial charge >= 0.3 is 0 Å². The fourth-order valence-electron chi connectivity index (χ4n) is 2.67. The third kappa shape index (κ3) is 2.51. The van der Waals surface area contributed by atoms with Gasteiger partial charge in [-0.15, -0.1) is 6.58 Å². The number of rotatable bonds is 3. The van der Waals surface area contributed by atoms with Crippen molar-refractivity contribution in [1.29, 1.82) is 0 Å². The quantitative estimate of drug-likeness (QED) is 0.542. The molecule has 0 aromatic heterocycles. The fraction of sp³-hybridized carbons (Fsp3) is 0.750. The van der Waals surface area contributed by atoms with Crippen LogP contribution in [0.5, 0.6) is 0 Å². The summed E-state index contributed by atoms with van der Waals surface area (Å²) in [4.78, 5) is 11.2. The Labute approximate surface area is 93.8 Å². The molecule has 0 aromatic rings. The van der Waals surface area contributed by atoms with E-state index in [1.807, 2.05) is 6.08 Å². The van der Waals surface area contributed by atoms with Crippen LogP contribution in [0, 0.1) is 0 Å². The van der Waals surface area contributed by atoms with Crippen LogP contribution in [-0.2, 0) is 9.22 Å². The summed E-state index contributed by atoms with van der Waals surface area (Å²) in [5.41, 5.74) is 0. The summed E-state index contributed by atoms with van der Waals surface area (Å²) < 4.78 is 5.70. The van der Waals surface area contributed by atoms with Gasteiger partial charge in [0.2, 0.25) is 0 Å². The Bertz CT molecular complexity index is 264. The summed E-state index contributed by atoms with van der Waals surface area (Å²) in [5, 5.41) is 0.193. The molecule has 1 saturated heterocycles. The number of hydrogen-bond donors (Lipinski definition) is 0. The summed E-state index contributed by atoms with van der Waals surface area (Å²) in [5.74, 6) is -0.110. The molecule has 1 aliphatic rings. The molecular formula is C12H22O2Si. The van der Waals surface area contributed by atoms with E-state index in [4.69, 9.17) is 4.43 Å². The lowest BCUT2D eigenvalue weighted by Gasteiger charge is -2.46. The highest BCUT2D eigenvalue weighted by Gasteiger charge is 2.51. The van der Waals surface area contributed by atoms with Crippen molar-refractivity contribution < 1.29 is 9.22 Å². The summed E-state index contributed by atoms with van der Waals surface area (Å²) in [6.45, 7) is 9.83. The predicted octanol–water partition coefficient (Wildman–Crippen LogP) is 3.65. The van der Waals surface area contributed by atoms with Gasteiger partial charge in [-0.2, -0.15) is 0 Å². The molecule has 2 unspecified atom stereocenters. The largest absolute Gasteiger partial charge is 0.519 e. The number of allylic oxidation sites excluding steroid dienone is 1. The van der Waals surface area contributed by atoms with Gasteiger partial charge < -0.3 is 4.43 Å². The standard InChI is InChI=1S/C12H22O2Si/c1-5-8-12(3)9-6-7-10-15(12,4)14-11(2)13/h5H,1,6-10H2,2-4H3. The van der Waals surface area contributed by atoms with Gasteiger partial charge in [-0.1, -0.05) is 25.8 Å². The smallest absolute Gasteiger partial charge is 0.289 e.